The van der Waals surface area contributed by atoms with E-state index in [1.165, 1.54) is 6.07 Å². The van der Waals surface area contributed by atoms with Gasteiger partial charge in [0.25, 0.3) is 5.69 Å². The van der Waals surface area contributed by atoms with Crippen molar-refractivity contribution in [2.75, 3.05) is 31.6 Å². The van der Waals surface area contributed by atoms with Crippen LogP contribution in [-0.2, 0) is 0 Å². The molecule has 2 aromatic carbocycles. The molecule has 1 saturated heterocycles. The predicted octanol–water partition coefficient (Wildman–Crippen LogP) is 3.36. The van der Waals surface area contributed by atoms with E-state index in [1.54, 1.807) is 36.4 Å². The molecule has 2 aromatic rings. The third kappa shape index (κ3) is 3.60. The lowest BCUT2D eigenvalue weighted by molar-refractivity contribution is -0.384. The normalized spacial score (nSPS) is 16.9. The van der Waals surface area contributed by atoms with Crippen LogP contribution in [0.15, 0.2) is 48.5 Å². The Morgan fingerprint density at radius 2 is 1.96 bits per heavy atom. The fourth-order valence-electron chi connectivity index (χ4n) is 3.41. The summed E-state index contributed by atoms with van der Waals surface area (Å²) < 4.78 is 0. The first-order valence-corrected chi connectivity index (χ1v) is 8.84. The number of hydrogen-bond donors (Lipinski definition) is 0. The Morgan fingerprint density at radius 1 is 1.23 bits per heavy atom. The minimum Gasteiger partial charge on any atom is -0.364 e. The first-order valence-electron chi connectivity index (χ1n) is 8.84. The molecular weight excluding hydrogens is 330 g/mol. The number of anilines is 1. The van der Waals surface area contributed by atoms with E-state index < -0.39 is 4.92 Å². The van der Waals surface area contributed by atoms with Crippen LogP contribution >= 0.6 is 0 Å². The number of nitro benzene ring substituents is 1. The summed E-state index contributed by atoms with van der Waals surface area (Å²) in [7, 11) is 2.07. The molecule has 1 fully saturated rings. The first-order chi connectivity index (χ1) is 12.5. The zero-order valence-electron chi connectivity index (χ0n) is 15.1. The maximum absolute atomic E-state index is 12.6. The lowest BCUT2D eigenvalue weighted by Gasteiger charge is -2.24. The second kappa shape index (κ2) is 7.66. The van der Waals surface area contributed by atoms with Gasteiger partial charge < -0.3 is 9.80 Å². The summed E-state index contributed by atoms with van der Waals surface area (Å²) in [4.78, 5) is 28.1. The highest BCUT2D eigenvalue weighted by molar-refractivity contribution is 6.09. The van der Waals surface area contributed by atoms with E-state index in [0.717, 1.165) is 26.1 Å². The molecule has 1 aliphatic rings. The Morgan fingerprint density at radius 3 is 2.62 bits per heavy atom. The van der Waals surface area contributed by atoms with Crippen molar-refractivity contribution in [3.63, 3.8) is 0 Å². The lowest BCUT2D eigenvalue weighted by Crippen LogP contribution is -2.34. The number of hydrogen-bond acceptors (Lipinski definition) is 5. The second-order valence-electron chi connectivity index (χ2n) is 6.62. The molecule has 136 valence electrons. The zero-order chi connectivity index (χ0) is 18.7. The zero-order valence-corrected chi connectivity index (χ0v) is 15.1. The second-order valence-corrected chi connectivity index (χ2v) is 6.62. The number of carbonyl (C=O) groups excluding carboxylic acids is 1. The number of benzene rings is 2. The number of ketones is 1. The highest BCUT2D eigenvalue weighted by Crippen LogP contribution is 2.33. The van der Waals surface area contributed by atoms with Gasteiger partial charge in [0.15, 0.2) is 5.78 Å². The van der Waals surface area contributed by atoms with Gasteiger partial charge in [-0.2, -0.15) is 0 Å². The molecule has 1 atom stereocenters. The molecule has 0 bridgehead atoms. The van der Waals surface area contributed by atoms with Crippen molar-refractivity contribution in [1.82, 2.24) is 4.90 Å². The third-order valence-electron chi connectivity index (χ3n) is 5.10. The van der Waals surface area contributed by atoms with E-state index in [-0.39, 0.29) is 11.5 Å². The van der Waals surface area contributed by atoms with Gasteiger partial charge in [-0.3, -0.25) is 14.9 Å². The van der Waals surface area contributed by atoms with Crippen LogP contribution in [0.4, 0.5) is 11.4 Å². The van der Waals surface area contributed by atoms with Crippen LogP contribution in [0.25, 0.3) is 0 Å². The third-order valence-corrected chi connectivity index (χ3v) is 5.10. The van der Waals surface area contributed by atoms with Gasteiger partial charge >= 0.3 is 0 Å². The van der Waals surface area contributed by atoms with Crippen LogP contribution in [0, 0.1) is 10.1 Å². The van der Waals surface area contributed by atoms with Crippen LogP contribution in [0.1, 0.15) is 29.3 Å². The molecule has 1 heterocycles. The minimum atomic E-state index is -0.395. The molecule has 3 rings (SSSR count). The topological polar surface area (TPSA) is 66.7 Å². The van der Waals surface area contributed by atoms with Crippen molar-refractivity contribution in [2.24, 2.45) is 0 Å². The summed E-state index contributed by atoms with van der Waals surface area (Å²) in [5.74, 6) is -0.203. The van der Waals surface area contributed by atoms with Crippen molar-refractivity contribution >= 4 is 17.2 Å². The van der Waals surface area contributed by atoms with Gasteiger partial charge in [-0.05, 0) is 32.1 Å². The van der Waals surface area contributed by atoms with Crippen LogP contribution in [-0.4, -0.2) is 48.3 Å². The Labute approximate surface area is 153 Å². The molecule has 26 heavy (non-hydrogen) atoms. The van der Waals surface area contributed by atoms with Crippen molar-refractivity contribution in [3.05, 3.63) is 69.8 Å². The number of likely N-dealkylation sites (N-methyl/N-ethyl adjacent to an activating group) is 1. The van der Waals surface area contributed by atoms with E-state index in [4.69, 9.17) is 0 Å². The van der Waals surface area contributed by atoms with Crippen molar-refractivity contribution in [3.8, 4) is 0 Å². The van der Waals surface area contributed by atoms with Gasteiger partial charge in [0.05, 0.1) is 4.92 Å². The monoisotopic (exact) mass is 353 g/mol. The van der Waals surface area contributed by atoms with Gasteiger partial charge in [0.1, 0.15) is 5.69 Å². The molecule has 0 aliphatic carbocycles. The van der Waals surface area contributed by atoms with Crippen LogP contribution in [0.5, 0.6) is 0 Å². The molecule has 0 aromatic heterocycles. The van der Waals surface area contributed by atoms with Gasteiger partial charge in [-0.1, -0.05) is 37.3 Å². The van der Waals surface area contributed by atoms with Crippen LogP contribution in [0.3, 0.4) is 0 Å². The highest BCUT2D eigenvalue weighted by atomic mass is 16.6. The van der Waals surface area contributed by atoms with Gasteiger partial charge in [-0.25, -0.2) is 0 Å². The van der Waals surface area contributed by atoms with E-state index in [0.29, 0.717) is 22.9 Å². The number of nitro groups is 1. The van der Waals surface area contributed by atoms with E-state index >= 15 is 0 Å². The van der Waals surface area contributed by atoms with Crippen molar-refractivity contribution in [2.45, 2.75) is 19.4 Å². The first kappa shape index (κ1) is 18.1. The van der Waals surface area contributed by atoms with E-state index in [9.17, 15) is 14.9 Å². The molecular formula is C20H23N3O3. The average molecular weight is 353 g/mol. The lowest BCUT2D eigenvalue weighted by atomic mass is 10.0. The molecule has 0 amide bonds. The molecule has 1 aliphatic heterocycles. The van der Waals surface area contributed by atoms with E-state index in [1.807, 2.05) is 11.0 Å². The molecule has 1 unspecified atom stereocenters. The number of rotatable bonds is 6. The van der Waals surface area contributed by atoms with Crippen molar-refractivity contribution in [1.29, 1.82) is 0 Å². The quantitative estimate of drug-likeness (QED) is 0.453. The van der Waals surface area contributed by atoms with Gasteiger partial charge in [-0.15, -0.1) is 0 Å². The smallest absolute Gasteiger partial charge is 0.293 e. The Hall–Kier alpha value is -2.73. The molecule has 0 saturated carbocycles. The highest BCUT2D eigenvalue weighted by Gasteiger charge is 2.30. The minimum absolute atomic E-state index is 0.00779. The molecule has 0 N–H and O–H groups in total. The summed E-state index contributed by atoms with van der Waals surface area (Å²) in [5, 5.41) is 11.6. The summed E-state index contributed by atoms with van der Waals surface area (Å²) in [6.45, 7) is 4.60. The average Bonchev–Trinajstić information content (AvgIpc) is 3.17. The largest absolute Gasteiger partial charge is 0.364 e. The summed E-state index contributed by atoms with van der Waals surface area (Å²) >= 11 is 0. The molecule has 6 heteroatoms. The number of nitrogens with zero attached hydrogens (tertiary/aromatic N) is 3. The molecule has 6 nitrogen and oxygen atoms in total. The SMILES string of the molecule is CCN(C)C1CCN(c2ccc(C(=O)c3ccccc3)cc2[N+](=O)[O-])C1. The molecule has 0 spiro atoms. The van der Waals surface area contributed by atoms with Crippen LogP contribution < -0.4 is 4.90 Å². The maximum atomic E-state index is 12.6. The van der Waals surface area contributed by atoms with Gasteiger partial charge in [0.2, 0.25) is 0 Å². The fraction of sp³-hybridized carbons (Fsp3) is 0.350. The number of carbonyl (C=O) groups is 1. The standard InChI is InChI=1S/C20H23N3O3/c1-3-21(2)17-11-12-22(14-17)18-10-9-16(13-19(18)23(25)26)20(24)15-7-5-4-6-8-15/h4-10,13,17H,3,11-12,14H2,1-2H3. The fourth-order valence-corrected chi connectivity index (χ4v) is 3.41. The summed E-state index contributed by atoms with van der Waals surface area (Å²) in [6.07, 6.45) is 0.978. The summed E-state index contributed by atoms with van der Waals surface area (Å²) in [5.41, 5.74) is 1.45. The van der Waals surface area contributed by atoms with E-state index in [2.05, 4.69) is 18.9 Å². The molecule has 0 radical (unpaired) electrons. The maximum Gasteiger partial charge on any atom is 0.293 e. The van der Waals surface area contributed by atoms with Crippen LogP contribution in [0.2, 0.25) is 0 Å². The van der Waals surface area contributed by atoms with Crippen molar-refractivity contribution < 1.29 is 9.72 Å². The summed E-state index contributed by atoms with van der Waals surface area (Å²) in [6, 6.07) is 14.0. The Balaban J connectivity index is 1.89. The predicted molar refractivity (Wildman–Crippen MR) is 102 cm³/mol. The Bertz CT molecular complexity index is 807. The Kier molecular flexibility index (Phi) is 5.32. The van der Waals surface area contributed by atoms with Gasteiger partial charge in [0, 0.05) is 36.3 Å².